The zero-order chi connectivity index (χ0) is 14.3. The number of rotatable bonds is 6. The van der Waals surface area contributed by atoms with Crippen LogP contribution in [0.25, 0.3) is 0 Å². The van der Waals surface area contributed by atoms with Crippen molar-refractivity contribution in [2.24, 2.45) is 0 Å². The smallest absolute Gasteiger partial charge is 0.412 e. The summed E-state index contributed by atoms with van der Waals surface area (Å²) in [7, 11) is 1.87. The number of ether oxygens (including phenoxy) is 1. The Morgan fingerprint density at radius 2 is 2.05 bits per heavy atom. The van der Waals surface area contributed by atoms with E-state index >= 15 is 0 Å². The van der Waals surface area contributed by atoms with E-state index in [1.807, 2.05) is 19.2 Å². The largest absolute Gasteiger partial charge is 0.416 e. The molecule has 0 saturated carbocycles. The molecule has 0 spiro atoms. The first kappa shape index (κ1) is 15.5. The fourth-order valence-corrected chi connectivity index (χ4v) is 1.76. The van der Waals surface area contributed by atoms with Gasteiger partial charge in [-0.25, -0.2) is 4.79 Å². The molecule has 19 heavy (non-hydrogen) atoms. The quantitative estimate of drug-likeness (QED) is 0.788. The summed E-state index contributed by atoms with van der Waals surface area (Å²) >= 11 is 5.86. The molecule has 1 rings (SSSR count). The Labute approximate surface area is 118 Å². The second-order valence-corrected chi connectivity index (χ2v) is 4.67. The molecule has 0 aliphatic rings. The van der Waals surface area contributed by atoms with Gasteiger partial charge in [0.05, 0.1) is 11.8 Å². The summed E-state index contributed by atoms with van der Waals surface area (Å²) in [5, 5.41) is 6.54. The second kappa shape index (κ2) is 7.81. The van der Waals surface area contributed by atoms with E-state index in [1.54, 1.807) is 19.1 Å². The van der Waals surface area contributed by atoms with Crippen molar-refractivity contribution in [1.82, 2.24) is 10.6 Å². The van der Waals surface area contributed by atoms with Crippen molar-refractivity contribution < 1.29 is 9.53 Å². The summed E-state index contributed by atoms with van der Waals surface area (Å²) in [6.07, 6.45) is 0.257. The van der Waals surface area contributed by atoms with Crippen LogP contribution in [0.1, 0.15) is 24.9 Å². The van der Waals surface area contributed by atoms with Crippen LogP contribution in [0, 0.1) is 0 Å². The molecule has 1 amide bonds. The number of halogens is 1. The lowest BCUT2D eigenvalue weighted by Crippen LogP contribution is -2.30. The van der Waals surface area contributed by atoms with Crippen LogP contribution >= 0.6 is 11.6 Å². The average Bonchev–Trinajstić information content (AvgIpc) is 2.34. The van der Waals surface area contributed by atoms with Crippen molar-refractivity contribution in [3.05, 3.63) is 47.2 Å². The zero-order valence-corrected chi connectivity index (χ0v) is 12.0. The van der Waals surface area contributed by atoms with E-state index in [0.717, 1.165) is 18.5 Å². The third kappa shape index (κ3) is 5.77. The van der Waals surface area contributed by atoms with Gasteiger partial charge in [-0.05, 0) is 44.6 Å². The maximum atomic E-state index is 11.6. The topological polar surface area (TPSA) is 50.4 Å². The van der Waals surface area contributed by atoms with Crippen LogP contribution in [-0.4, -0.2) is 19.7 Å². The number of benzene rings is 1. The number of hydrogen-bond acceptors (Lipinski definition) is 3. The zero-order valence-electron chi connectivity index (χ0n) is 11.2. The van der Waals surface area contributed by atoms with Crippen molar-refractivity contribution in [1.29, 1.82) is 0 Å². The van der Waals surface area contributed by atoms with Crippen LogP contribution in [0.15, 0.2) is 36.6 Å². The molecule has 0 bridgehead atoms. The van der Waals surface area contributed by atoms with Gasteiger partial charge in [0.1, 0.15) is 0 Å². The van der Waals surface area contributed by atoms with Crippen molar-refractivity contribution in [2.75, 3.05) is 13.6 Å². The number of carbonyl (C=O) groups excluding carboxylic acids is 1. The van der Waals surface area contributed by atoms with Crippen molar-refractivity contribution in [3.63, 3.8) is 0 Å². The molecule has 0 aliphatic carbocycles. The Morgan fingerprint density at radius 1 is 1.42 bits per heavy atom. The minimum Gasteiger partial charge on any atom is -0.416 e. The number of alkyl carbamates (subject to hydrolysis) is 1. The van der Waals surface area contributed by atoms with E-state index in [0.29, 0.717) is 10.8 Å². The fourth-order valence-electron chi connectivity index (χ4n) is 1.64. The van der Waals surface area contributed by atoms with Crippen molar-refractivity contribution in [3.8, 4) is 0 Å². The van der Waals surface area contributed by atoms with Crippen LogP contribution in [-0.2, 0) is 4.74 Å². The van der Waals surface area contributed by atoms with Gasteiger partial charge in [0.2, 0.25) is 0 Å². The average molecular weight is 283 g/mol. The third-order valence-corrected chi connectivity index (χ3v) is 2.77. The number of nitrogens with one attached hydrogen (secondary N) is 2. The molecule has 0 aromatic heterocycles. The van der Waals surface area contributed by atoms with E-state index in [2.05, 4.69) is 17.2 Å². The van der Waals surface area contributed by atoms with Gasteiger partial charge in [-0.1, -0.05) is 30.3 Å². The summed E-state index contributed by atoms with van der Waals surface area (Å²) < 4.78 is 4.91. The Balaban J connectivity index is 2.73. The summed E-state index contributed by atoms with van der Waals surface area (Å²) in [6.45, 7) is 5.94. The molecule has 0 aliphatic heterocycles. The van der Waals surface area contributed by atoms with Gasteiger partial charge in [-0.2, -0.15) is 0 Å². The van der Waals surface area contributed by atoms with Gasteiger partial charge >= 0.3 is 6.09 Å². The SMILES string of the molecule is C=C(C)OC(=O)NC(CCNC)c1ccc(Cl)cc1. The predicted octanol–water partition coefficient (Wildman–Crippen LogP) is 3.25. The first-order valence-corrected chi connectivity index (χ1v) is 6.44. The van der Waals surface area contributed by atoms with E-state index in [9.17, 15) is 4.79 Å². The Morgan fingerprint density at radius 3 is 2.58 bits per heavy atom. The minimum atomic E-state index is -0.497. The fraction of sp³-hybridized carbons (Fsp3) is 0.357. The molecule has 2 N–H and O–H groups in total. The summed E-state index contributed by atoms with van der Waals surface area (Å²) in [6, 6.07) is 7.26. The molecule has 104 valence electrons. The van der Waals surface area contributed by atoms with Crippen LogP contribution < -0.4 is 10.6 Å². The second-order valence-electron chi connectivity index (χ2n) is 4.23. The monoisotopic (exact) mass is 282 g/mol. The van der Waals surface area contributed by atoms with Gasteiger partial charge in [-0.3, -0.25) is 0 Å². The molecule has 1 atom stereocenters. The molecule has 0 heterocycles. The molecule has 0 fully saturated rings. The molecule has 0 radical (unpaired) electrons. The van der Waals surface area contributed by atoms with Crippen LogP contribution in [0.2, 0.25) is 5.02 Å². The van der Waals surface area contributed by atoms with Gasteiger partial charge < -0.3 is 15.4 Å². The van der Waals surface area contributed by atoms with E-state index < -0.39 is 6.09 Å². The highest BCUT2D eigenvalue weighted by atomic mass is 35.5. The van der Waals surface area contributed by atoms with E-state index in [1.165, 1.54) is 0 Å². The molecule has 1 unspecified atom stereocenters. The summed E-state index contributed by atoms with van der Waals surface area (Å²) in [5.41, 5.74) is 0.985. The van der Waals surface area contributed by atoms with E-state index in [4.69, 9.17) is 16.3 Å². The van der Waals surface area contributed by atoms with Crippen molar-refractivity contribution >= 4 is 17.7 Å². The normalized spacial score (nSPS) is 11.7. The maximum Gasteiger partial charge on any atom is 0.412 e. The highest BCUT2D eigenvalue weighted by Crippen LogP contribution is 2.19. The van der Waals surface area contributed by atoms with Gasteiger partial charge in [0.15, 0.2) is 0 Å². The lowest BCUT2D eigenvalue weighted by Gasteiger charge is -2.19. The lowest BCUT2D eigenvalue weighted by atomic mass is 10.0. The summed E-state index contributed by atoms with van der Waals surface area (Å²) in [4.78, 5) is 11.6. The van der Waals surface area contributed by atoms with E-state index in [-0.39, 0.29) is 6.04 Å². The number of carbonyl (C=O) groups is 1. The first-order chi connectivity index (χ1) is 9.02. The standard InChI is InChI=1S/C14H19ClN2O2/c1-10(2)19-14(18)17-13(8-9-16-3)11-4-6-12(15)7-5-11/h4-7,13,16H,1,8-9H2,2-3H3,(H,17,18). The molecular formula is C14H19ClN2O2. The number of allylic oxidation sites excluding steroid dienone is 1. The van der Waals surface area contributed by atoms with Gasteiger partial charge in [-0.15, -0.1) is 0 Å². The van der Waals surface area contributed by atoms with Gasteiger partial charge in [0.25, 0.3) is 0 Å². The Bertz CT molecular complexity index is 432. The van der Waals surface area contributed by atoms with Crippen LogP contribution in [0.3, 0.4) is 0 Å². The molecule has 4 nitrogen and oxygen atoms in total. The molecule has 0 saturated heterocycles. The van der Waals surface area contributed by atoms with Crippen molar-refractivity contribution in [2.45, 2.75) is 19.4 Å². The molecule has 1 aromatic rings. The van der Waals surface area contributed by atoms with Gasteiger partial charge in [0, 0.05) is 5.02 Å². The molecular weight excluding hydrogens is 264 g/mol. The first-order valence-electron chi connectivity index (χ1n) is 6.07. The van der Waals surface area contributed by atoms with Crippen LogP contribution in [0.4, 0.5) is 4.79 Å². The van der Waals surface area contributed by atoms with Crippen LogP contribution in [0.5, 0.6) is 0 Å². The highest BCUT2D eigenvalue weighted by molar-refractivity contribution is 6.30. The highest BCUT2D eigenvalue weighted by Gasteiger charge is 2.15. The molecule has 5 heteroatoms. The minimum absolute atomic E-state index is 0.128. The Hall–Kier alpha value is -1.52. The predicted molar refractivity (Wildman–Crippen MR) is 77.2 cm³/mol. The Kier molecular flexibility index (Phi) is 6.39. The summed E-state index contributed by atoms with van der Waals surface area (Å²) in [5.74, 6) is 0.362. The molecule has 1 aromatic carbocycles. The maximum absolute atomic E-state index is 11.6. The number of amides is 1. The lowest BCUT2D eigenvalue weighted by molar-refractivity contribution is 0.171. The number of hydrogen-bond donors (Lipinski definition) is 2. The third-order valence-electron chi connectivity index (χ3n) is 2.51.